The molecule has 0 heterocycles. The number of aliphatic hydroxyl groups excluding tert-OH is 2. The highest BCUT2D eigenvalue weighted by molar-refractivity contribution is 7.99. The van der Waals surface area contributed by atoms with Crippen molar-refractivity contribution >= 4 is 27.8 Å². The molecule has 138 valence electrons. The van der Waals surface area contributed by atoms with E-state index in [4.69, 9.17) is 19.5 Å². The number of carbonyl (C=O) groups is 1. The molecule has 1 unspecified atom stereocenters. The van der Waals surface area contributed by atoms with E-state index < -0.39 is 16.2 Å². The minimum Gasteiger partial charge on any atom is -0.460 e. The van der Waals surface area contributed by atoms with Crippen molar-refractivity contribution in [2.75, 3.05) is 57.7 Å². The summed E-state index contributed by atoms with van der Waals surface area (Å²) in [4.78, 5) is 11.5. The highest BCUT2D eigenvalue weighted by Gasteiger charge is 2.17. The van der Waals surface area contributed by atoms with Gasteiger partial charge in [-0.15, -0.1) is 0 Å². The summed E-state index contributed by atoms with van der Waals surface area (Å²) >= 11 is 1.37. The lowest BCUT2D eigenvalue weighted by atomic mass is 10.3. The lowest BCUT2D eigenvalue weighted by Gasteiger charge is -2.29. The molecule has 23 heavy (non-hydrogen) atoms. The summed E-state index contributed by atoms with van der Waals surface area (Å²) < 4.78 is 35.6. The number of thioether (sulfide) groups is 1. The van der Waals surface area contributed by atoms with E-state index in [9.17, 15) is 13.2 Å². The SMILES string of the molecule is C[N+](C)(CCCS(=O)(=O)O)CCOC(=O)CCSCC(O)CO. The maximum atomic E-state index is 11.5. The summed E-state index contributed by atoms with van der Waals surface area (Å²) in [5.74, 6) is 0.295. The molecule has 1 atom stereocenters. The van der Waals surface area contributed by atoms with Gasteiger partial charge in [0.25, 0.3) is 10.1 Å². The van der Waals surface area contributed by atoms with Gasteiger partial charge in [0.05, 0.1) is 45.5 Å². The van der Waals surface area contributed by atoms with Crippen LogP contribution in [-0.2, 0) is 19.6 Å². The predicted octanol–water partition coefficient (Wildman–Crippen LogP) is -0.640. The van der Waals surface area contributed by atoms with Crippen LogP contribution in [0.15, 0.2) is 0 Å². The van der Waals surface area contributed by atoms with Crippen LogP contribution in [0.4, 0.5) is 0 Å². The van der Waals surface area contributed by atoms with Gasteiger partial charge in [-0.2, -0.15) is 20.2 Å². The molecule has 0 radical (unpaired) electrons. The van der Waals surface area contributed by atoms with Gasteiger partial charge in [0.1, 0.15) is 13.2 Å². The summed E-state index contributed by atoms with van der Waals surface area (Å²) in [7, 11) is -0.147. The Morgan fingerprint density at radius 3 is 2.52 bits per heavy atom. The Labute approximate surface area is 142 Å². The molecule has 0 saturated carbocycles. The first-order valence-corrected chi connectivity index (χ1v) is 10.1. The summed E-state index contributed by atoms with van der Waals surface area (Å²) in [5.41, 5.74) is 0. The molecular weight excluding hydrogens is 346 g/mol. The molecule has 3 N–H and O–H groups in total. The van der Waals surface area contributed by atoms with Gasteiger partial charge in [-0.3, -0.25) is 9.35 Å². The van der Waals surface area contributed by atoms with Crippen LogP contribution in [0.2, 0.25) is 0 Å². The van der Waals surface area contributed by atoms with Crippen LogP contribution in [0.5, 0.6) is 0 Å². The van der Waals surface area contributed by atoms with Crippen molar-refractivity contribution in [3.05, 3.63) is 0 Å². The van der Waals surface area contributed by atoms with Crippen molar-refractivity contribution in [3.63, 3.8) is 0 Å². The smallest absolute Gasteiger partial charge is 0.306 e. The van der Waals surface area contributed by atoms with Crippen LogP contribution in [0.1, 0.15) is 12.8 Å². The summed E-state index contributed by atoms with van der Waals surface area (Å²) in [6.07, 6.45) is -0.195. The first kappa shape index (κ1) is 22.6. The zero-order valence-corrected chi connectivity index (χ0v) is 15.3. The van der Waals surface area contributed by atoms with E-state index in [1.54, 1.807) is 0 Å². The van der Waals surface area contributed by atoms with Gasteiger partial charge in [-0.25, -0.2) is 0 Å². The summed E-state index contributed by atoms with van der Waals surface area (Å²) in [6.45, 7) is 1.05. The van der Waals surface area contributed by atoms with Crippen molar-refractivity contribution in [1.82, 2.24) is 0 Å². The Morgan fingerprint density at radius 2 is 1.96 bits per heavy atom. The Morgan fingerprint density at radius 1 is 1.30 bits per heavy atom. The van der Waals surface area contributed by atoms with Crippen molar-refractivity contribution in [3.8, 4) is 0 Å². The molecule has 0 saturated heterocycles. The number of carbonyl (C=O) groups excluding carboxylic acids is 1. The molecule has 0 aromatic heterocycles. The van der Waals surface area contributed by atoms with Crippen LogP contribution in [0, 0.1) is 0 Å². The molecular formula is C13H28NO7S2+. The zero-order chi connectivity index (χ0) is 17.9. The number of hydrogen-bond acceptors (Lipinski definition) is 7. The fourth-order valence-electron chi connectivity index (χ4n) is 1.69. The highest BCUT2D eigenvalue weighted by atomic mass is 32.2. The topological polar surface area (TPSA) is 121 Å². The second-order valence-electron chi connectivity index (χ2n) is 5.90. The van der Waals surface area contributed by atoms with Crippen LogP contribution in [-0.4, -0.2) is 97.4 Å². The van der Waals surface area contributed by atoms with E-state index in [-0.39, 0.29) is 31.4 Å². The normalized spacial score (nSPS) is 13.8. The van der Waals surface area contributed by atoms with E-state index in [0.717, 1.165) is 0 Å². The number of quaternary nitrogens is 1. The molecule has 10 heteroatoms. The van der Waals surface area contributed by atoms with Gasteiger partial charge in [-0.1, -0.05) is 0 Å². The van der Waals surface area contributed by atoms with Crippen LogP contribution in [0.3, 0.4) is 0 Å². The molecule has 0 aromatic rings. The van der Waals surface area contributed by atoms with Crippen LogP contribution < -0.4 is 0 Å². The lowest BCUT2D eigenvalue weighted by Crippen LogP contribution is -2.43. The number of rotatable bonds is 13. The lowest BCUT2D eigenvalue weighted by molar-refractivity contribution is -0.890. The number of nitrogens with zero attached hydrogens (tertiary/aromatic N) is 1. The molecule has 0 bridgehead atoms. The van der Waals surface area contributed by atoms with E-state index in [2.05, 4.69) is 0 Å². The standard InChI is InChI=1S/C13H27NO7S2/c1-14(2,5-3-9-23(18,19)20)6-7-21-13(17)4-8-22-11-12(16)10-15/h12,15-16H,3-11H2,1-2H3/p+1. The Balaban J connectivity index is 3.76. The van der Waals surface area contributed by atoms with Gasteiger partial charge in [0.2, 0.25) is 0 Å². The first-order valence-electron chi connectivity index (χ1n) is 7.35. The van der Waals surface area contributed by atoms with Gasteiger partial charge in [0, 0.05) is 17.9 Å². The van der Waals surface area contributed by atoms with E-state index in [0.29, 0.717) is 35.5 Å². The maximum Gasteiger partial charge on any atom is 0.306 e. The molecule has 0 aliphatic heterocycles. The minimum absolute atomic E-state index is 0.235. The quantitative estimate of drug-likeness (QED) is 0.168. The molecule has 0 aliphatic rings. The van der Waals surface area contributed by atoms with E-state index >= 15 is 0 Å². The van der Waals surface area contributed by atoms with Crippen LogP contribution in [0.25, 0.3) is 0 Å². The third kappa shape index (κ3) is 14.9. The van der Waals surface area contributed by atoms with Crippen molar-refractivity contribution in [2.24, 2.45) is 0 Å². The minimum atomic E-state index is -3.93. The highest BCUT2D eigenvalue weighted by Crippen LogP contribution is 2.06. The Hall–Kier alpha value is -0.390. The molecule has 0 aliphatic carbocycles. The molecule has 8 nitrogen and oxygen atoms in total. The summed E-state index contributed by atoms with van der Waals surface area (Å²) in [6, 6.07) is 0. The molecule has 0 amide bonds. The monoisotopic (exact) mass is 374 g/mol. The fourth-order valence-corrected chi connectivity index (χ4v) is 3.04. The van der Waals surface area contributed by atoms with Gasteiger partial charge < -0.3 is 19.4 Å². The fraction of sp³-hybridized carbons (Fsp3) is 0.923. The third-order valence-corrected chi connectivity index (χ3v) is 5.01. The molecule has 0 spiro atoms. The second kappa shape index (κ2) is 11.2. The number of ether oxygens (including phenoxy) is 1. The number of likely N-dealkylation sites (N-methyl/N-ethyl adjacent to an activating group) is 1. The van der Waals surface area contributed by atoms with Gasteiger partial charge in [0.15, 0.2) is 0 Å². The average Bonchev–Trinajstić information content (AvgIpc) is 2.41. The number of aliphatic hydroxyl groups is 2. The second-order valence-corrected chi connectivity index (χ2v) is 8.63. The van der Waals surface area contributed by atoms with Gasteiger partial charge in [-0.05, 0) is 0 Å². The summed E-state index contributed by atoms with van der Waals surface area (Å²) in [5, 5.41) is 17.8. The van der Waals surface area contributed by atoms with Crippen molar-refractivity contribution in [1.29, 1.82) is 0 Å². The van der Waals surface area contributed by atoms with E-state index in [1.807, 2.05) is 14.1 Å². The zero-order valence-electron chi connectivity index (χ0n) is 13.7. The Bertz CT molecular complexity index is 440. The van der Waals surface area contributed by atoms with Crippen LogP contribution >= 0.6 is 11.8 Å². The van der Waals surface area contributed by atoms with Crippen molar-refractivity contribution < 1.29 is 37.2 Å². The maximum absolute atomic E-state index is 11.5. The molecule has 0 aromatic carbocycles. The third-order valence-electron chi connectivity index (χ3n) is 3.10. The molecule has 0 rings (SSSR count). The number of esters is 1. The van der Waals surface area contributed by atoms with Crippen molar-refractivity contribution in [2.45, 2.75) is 18.9 Å². The number of hydrogen-bond donors (Lipinski definition) is 3. The predicted molar refractivity (Wildman–Crippen MR) is 88.9 cm³/mol. The largest absolute Gasteiger partial charge is 0.460 e. The first-order chi connectivity index (χ1) is 10.6. The van der Waals surface area contributed by atoms with Gasteiger partial charge >= 0.3 is 5.97 Å². The average molecular weight is 375 g/mol. The van der Waals surface area contributed by atoms with E-state index in [1.165, 1.54) is 11.8 Å². The Kier molecular flexibility index (Phi) is 11.0. The molecule has 0 fully saturated rings.